The molecular formula is C13H16BrN3. The molecule has 0 aliphatic carbocycles. The van der Waals surface area contributed by atoms with Gasteiger partial charge in [0.05, 0.1) is 6.04 Å². The van der Waals surface area contributed by atoms with Crippen LogP contribution < -0.4 is 5.73 Å². The lowest BCUT2D eigenvalue weighted by atomic mass is 10.0. The topological polar surface area (TPSA) is 43.8 Å². The number of halogens is 1. The summed E-state index contributed by atoms with van der Waals surface area (Å²) in [6, 6.07) is 5.91. The lowest BCUT2D eigenvalue weighted by Gasteiger charge is -2.16. The van der Waals surface area contributed by atoms with E-state index in [1.807, 2.05) is 18.3 Å². The Kier molecular flexibility index (Phi) is 3.64. The lowest BCUT2D eigenvalue weighted by Crippen LogP contribution is -2.18. The minimum atomic E-state index is -0.178. The molecule has 0 saturated heterocycles. The standard InChI is InChI=1S/C13H16BrN3/c1-3-17-8-7-16-13(17)12(15)10-5-4-6-11(14)9(10)2/h4-8,12H,3,15H2,1-2H3. The zero-order valence-electron chi connectivity index (χ0n) is 10.0. The Morgan fingerprint density at radius 3 is 2.94 bits per heavy atom. The second-order valence-electron chi connectivity index (χ2n) is 4.00. The van der Waals surface area contributed by atoms with Crippen molar-refractivity contribution in [2.45, 2.75) is 26.4 Å². The maximum Gasteiger partial charge on any atom is 0.130 e. The van der Waals surface area contributed by atoms with Crippen LogP contribution in [0.25, 0.3) is 0 Å². The quantitative estimate of drug-likeness (QED) is 0.945. The number of rotatable bonds is 3. The summed E-state index contributed by atoms with van der Waals surface area (Å²) in [6.07, 6.45) is 3.76. The van der Waals surface area contributed by atoms with E-state index in [2.05, 4.69) is 45.4 Å². The van der Waals surface area contributed by atoms with Crippen molar-refractivity contribution in [3.8, 4) is 0 Å². The molecule has 0 aliphatic heterocycles. The Hall–Kier alpha value is -1.13. The molecule has 4 heteroatoms. The normalized spacial score (nSPS) is 12.7. The van der Waals surface area contributed by atoms with Crippen molar-refractivity contribution in [2.24, 2.45) is 5.73 Å². The molecule has 2 rings (SSSR count). The van der Waals surface area contributed by atoms with Crippen LogP contribution in [0, 0.1) is 6.92 Å². The first-order valence-electron chi connectivity index (χ1n) is 5.66. The van der Waals surface area contributed by atoms with Gasteiger partial charge in [-0.1, -0.05) is 28.1 Å². The van der Waals surface area contributed by atoms with E-state index in [-0.39, 0.29) is 6.04 Å². The molecule has 1 atom stereocenters. The molecule has 1 heterocycles. The molecule has 0 aliphatic rings. The first kappa shape index (κ1) is 12.3. The second-order valence-corrected chi connectivity index (χ2v) is 4.86. The van der Waals surface area contributed by atoms with Crippen LogP contribution in [0.5, 0.6) is 0 Å². The Bertz CT molecular complexity index is 519. The highest BCUT2D eigenvalue weighted by atomic mass is 79.9. The Balaban J connectivity index is 2.44. The maximum absolute atomic E-state index is 6.30. The largest absolute Gasteiger partial charge is 0.334 e. The summed E-state index contributed by atoms with van der Waals surface area (Å²) in [4.78, 5) is 4.36. The van der Waals surface area contributed by atoms with Gasteiger partial charge in [-0.2, -0.15) is 0 Å². The number of hydrogen-bond acceptors (Lipinski definition) is 2. The zero-order chi connectivity index (χ0) is 12.4. The summed E-state index contributed by atoms with van der Waals surface area (Å²) < 4.78 is 3.16. The van der Waals surface area contributed by atoms with E-state index in [4.69, 9.17) is 5.73 Å². The number of benzene rings is 1. The molecular weight excluding hydrogens is 278 g/mol. The fourth-order valence-corrected chi connectivity index (χ4v) is 2.35. The van der Waals surface area contributed by atoms with Gasteiger partial charge in [0.1, 0.15) is 5.82 Å². The summed E-state index contributed by atoms with van der Waals surface area (Å²) in [5, 5.41) is 0. The molecule has 2 N–H and O–H groups in total. The van der Waals surface area contributed by atoms with E-state index in [0.29, 0.717) is 0 Å². The Morgan fingerprint density at radius 1 is 1.47 bits per heavy atom. The van der Waals surface area contributed by atoms with Crippen molar-refractivity contribution in [3.05, 3.63) is 52.0 Å². The van der Waals surface area contributed by atoms with Crippen molar-refractivity contribution < 1.29 is 0 Å². The highest BCUT2D eigenvalue weighted by Gasteiger charge is 2.16. The third kappa shape index (κ3) is 2.28. The SMILES string of the molecule is CCn1ccnc1C(N)c1cccc(Br)c1C. The molecule has 17 heavy (non-hydrogen) atoms. The molecule has 1 aromatic carbocycles. The van der Waals surface area contributed by atoms with Crippen LogP contribution in [-0.4, -0.2) is 9.55 Å². The van der Waals surface area contributed by atoms with E-state index in [1.165, 1.54) is 5.56 Å². The predicted octanol–water partition coefficient (Wildman–Crippen LogP) is 3.02. The first-order valence-corrected chi connectivity index (χ1v) is 6.46. The van der Waals surface area contributed by atoms with Crippen LogP contribution in [0.2, 0.25) is 0 Å². The van der Waals surface area contributed by atoms with Gasteiger partial charge in [-0.25, -0.2) is 4.98 Å². The van der Waals surface area contributed by atoms with Gasteiger partial charge in [0.25, 0.3) is 0 Å². The molecule has 0 fully saturated rings. The molecule has 0 spiro atoms. The molecule has 0 radical (unpaired) electrons. The third-order valence-corrected chi connectivity index (χ3v) is 3.87. The average molecular weight is 294 g/mol. The number of aromatic nitrogens is 2. The molecule has 0 amide bonds. The predicted molar refractivity (Wildman–Crippen MR) is 72.8 cm³/mol. The molecule has 0 saturated carbocycles. The highest BCUT2D eigenvalue weighted by molar-refractivity contribution is 9.10. The van der Waals surface area contributed by atoms with Gasteiger partial charge in [-0.15, -0.1) is 0 Å². The van der Waals surface area contributed by atoms with Crippen molar-refractivity contribution >= 4 is 15.9 Å². The van der Waals surface area contributed by atoms with Crippen LogP contribution in [0.3, 0.4) is 0 Å². The van der Waals surface area contributed by atoms with E-state index in [9.17, 15) is 0 Å². The van der Waals surface area contributed by atoms with Crippen LogP contribution >= 0.6 is 15.9 Å². The van der Waals surface area contributed by atoms with Crippen molar-refractivity contribution in [2.75, 3.05) is 0 Å². The molecule has 2 aromatic rings. The van der Waals surface area contributed by atoms with E-state index < -0.39 is 0 Å². The average Bonchev–Trinajstić information content (AvgIpc) is 2.80. The minimum absolute atomic E-state index is 0.178. The number of hydrogen-bond donors (Lipinski definition) is 1. The fraction of sp³-hybridized carbons (Fsp3) is 0.308. The minimum Gasteiger partial charge on any atom is -0.334 e. The molecule has 0 bridgehead atoms. The molecule has 90 valence electrons. The van der Waals surface area contributed by atoms with Gasteiger partial charge >= 0.3 is 0 Å². The zero-order valence-corrected chi connectivity index (χ0v) is 11.6. The van der Waals surface area contributed by atoms with E-state index in [1.54, 1.807) is 6.20 Å². The summed E-state index contributed by atoms with van der Waals surface area (Å²) in [5.74, 6) is 0.911. The smallest absolute Gasteiger partial charge is 0.130 e. The van der Waals surface area contributed by atoms with Crippen molar-refractivity contribution in [3.63, 3.8) is 0 Å². The van der Waals surface area contributed by atoms with Crippen LogP contribution in [0.15, 0.2) is 35.1 Å². The molecule has 3 nitrogen and oxygen atoms in total. The third-order valence-electron chi connectivity index (χ3n) is 3.01. The van der Waals surface area contributed by atoms with Gasteiger partial charge in [0.2, 0.25) is 0 Å². The number of nitrogens with zero attached hydrogens (tertiary/aromatic N) is 2. The van der Waals surface area contributed by atoms with Crippen molar-refractivity contribution in [1.29, 1.82) is 0 Å². The van der Waals surface area contributed by atoms with E-state index >= 15 is 0 Å². The number of aryl methyl sites for hydroxylation is 1. The molecule has 1 aromatic heterocycles. The summed E-state index contributed by atoms with van der Waals surface area (Å²) >= 11 is 3.53. The van der Waals surface area contributed by atoms with Gasteiger partial charge in [0, 0.05) is 23.4 Å². The highest BCUT2D eigenvalue weighted by Crippen LogP contribution is 2.26. The fourth-order valence-electron chi connectivity index (χ4n) is 1.97. The maximum atomic E-state index is 6.30. The lowest BCUT2D eigenvalue weighted by molar-refractivity contribution is 0.654. The van der Waals surface area contributed by atoms with Gasteiger partial charge in [-0.05, 0) is 31.0 Å². The van der Waals surface area contributed by atoms with Crippen molar-refractivity contribution in [1.82, 2.24) is 9.55 Å². The van der Waals surface area contributed by atoms with Gasteiger partial charge in [0.15, 0.2) is 0 Å². The Morgan fingerprint density at radius 2 is 2.24 bits per heavy atom. The van der Waals surface area contributed by atoms with Crippen LogP contribution in [0.1, 0.15) is 29.9 Å². The first-order chi connectivity index (χ1) is 8.15. The Labute approximate surface area is 110 Å². The summed E-state index contributed by atoms with van der Waals surface area (Å²) in [5.41, 5.74) is 8.59. The van der Waals surface area contributed by atoms with E-state index in [0.717, 1.165) is 22.4 Å². The monoisotopic (exact) mass is 293 g/mol. The summed E-state index contributed by atoms with van der Waals surface area (Å²) in [7, 11) is 0. The summed E-state index contributed by atoms with van der Waals surface area (Å²) in [6.45, 7) is 5.04. The van der Waals surface area contributed by atoms with Gasteiger partial charge in [-0.3, -0.25) is 0 Å². The number of nitrogens with two attached hydrogens (primary N) is 1. The molecule has 1 unspecified atom stereocenters. The van der Waals surface area contributed by atoms with Crippen LogP contribution in [-0.2, 0) is 6.54 Å². The van der Waals surface area contributed by atoms with Gasteiger partial charge < -0.3 is 10.3 Å². The van der Waals surface area contributed by atoms with Crippen LogP contribution in [0.4, 0.5) is 0 Å². The number of imidazole rings is 1. The second kappa shape index (κ2) is 5.02.